The Morgan fingerprint density at radius 2 is 2.05 bits per heavy atom. The minimum atomic E-state index is -0.881. The van der Waals surface area contributed by atoms with E-state index in [1.165, 1.54) is 0 Å². The van der Waals surface area contributed by atoms with Gasteiger partial charge in [0.2, 0.25) is 11.8 Å². The average Bonchev–Trinajstić information content (AvgIpc) is 3.11. The Morgan fingerprint density at radius 1 is 1.42 bits per heavy atom. The molecule has 2 fully saturated rings. The lowest BCUT2D eigenvalue weighted by atomic mass is 9.94. The van der Waals surface area contributed by atoms with E-state index in [2.05, 4.69) is 0 Å². The second-order valence-electron chi connectivity index (χ2n) is 6.51. The largest absolute Gasteiger partial charge is 0.389 e. The van der Waals surface area contributed by atoms with Gasteiger partial charge in [0.25, 0.3) is 0 Å². The molecule has 1 heterocycles. The molecule has 1 saturated heterocycles. The molecule has 1 aliphatic carbocycles. The summed E-state index contributed by atoms with van der Waals surface area (Å²) < 4.78 is 0. The smallest absolute Gasteiger partial charge is 0.226 e. The molecule has 5 heteroatoms. The summed E-state index contributed by atoms with van der Waals surface area (Å²) in [7, 11) is 1.78. The van der Waals surface area contributed by atoms with E-state index in [1.807, 2.05) is 0 Å². The van der Waals surface area contributed by atoms with E-state index in [0.29, 0.717) is 19.5 Å². The van der Waals surface area contributed by atoms with Crippen LogP contribution in [0.1, 0.15) is 39.5 Å². The van der Waals surface area contributed by atoms with E-state index < -0.39 is 5.60 Å². The first-order valence-corrected chi connectivity index (χ1v) is 7.05. The monoisotopic (exact) mass is 268 g/mol. The number of amides is 2. The van der Waals surface area contributed by atoms with Gasteiger partial charge in [0.05, 0.1) is 5.60 Å². The number of hydrogen-bond acceptors (Lipinski definition) is 3. The Morgan fingerprint density at radius 3 is 2.53 bits per heavy atom. The van der Waals surface area contributed by atoms with Gasteiger partial charge in [-0.25, -0.2) is 0 Å². The number of hydrogen-bond donors (Lipinski definition) is 1. The number of nitrogens with zero attached hydrogens (tertiary/aromatic N) is 2. The highest BCUT2D eigenvalue weighted by Crippen LogP contribution is 2.31. The second-order valence-corrected chi connectivity index (χ2v) is 6.51. The summed E-state index contributed by atoms with van der Waals surface area (Å²) in [5.74, 6) is -0.110. The molecule has 0 aromatic rings. The molecular weight excluding hydrogens is 244 g/mol. The number of carbonyl (C=O) groups excluding carboxylic acids is 2. The summed E-state index contributed by atoms with van der Waals surface area (Å²) in [6, 6.07) is 0.272. The molecule has 0 bridgehead atoms. The van der Waals surface area contributed by atoms with Gasteiger partial charge in [-0.2, -0.15) is 0 Å². The van der Waals surface area contributed by atoms with Crippen molar-refractivity contribution in [2.45, 2.75) is 51.2 Å². The molecule has 1 saturated carbocycles. The first-order chi connectivity index (χ1) is 8.78. The molecule has 2 rings (SSSR count). The Labute approximate surface area is 114 Å². The lowest BCUT2D eigenvalue weighted by molar-refractivity contribution is -0.146. The van der Waals surface area contributed by atoms with Crippen molar-refractivity contribution in [3.05, 3.63) is 0 Å². The fourth-order valence-electron chi connectivity index (χ4n) is 2.58. The third-order valence-electron chi connectivity index (χ3n) is 3.84. The zero-order chi connectivity index (χ0) is 14.2. The standard InChI is InChI=1S/C14H24N2O3/c1-14(2,19)9-16(11-4-5-11)13(18)10-6-7-15(3)12(17)8-10/h10-11,19H,4-9H2,1-3H3. The van der Waals surface area contributed by atoms with Crippen LogP contribution in [0.25, 0.3) is 0 Å². The molecule has 108 valence electrons. The lowest BCUT2D eigenvalue weighted by Crippen LogP contribution is -2.48. The molecule has 5 nitrogen and oxygen atoms in total. The van der Waals surface area contributed by atoms with Crippen LogP contribution < -0.4 is 0 Å². The first-order valence-electron chi connectivity index (χ1n) is 7.05. The van der Waals surface area contributed by atoms with E-state index in [9.17, 15) is 14.7 Å². The Kier molecular flexibility index (Phi) is 3.85. The van der Waals surface area contributed by atoms with Crippen LogP contribution in [-0.4, -0.2) is 58.5 Å². The number of piperidine rings is 1. The number of carbonyl (C=O) groups is 2. The maximum Gasteiger partial charge on any atom is 0.226 e. The fourth-order valence-corrected chi connectivity index (χ4v) is 2.58. The van der Waals surface area contributed by atoms with Crippen LogP contribution in [-0.2, 0) is 9.59 Å². The summed E-state index contributed by atoms with van der Waals surface area (Å²) in [5, 5.41) is 9.94. The van der Waals surface area contributed by atoms with E-state index >= 15 is 0 Å². The fraction of sp³-hybridized carbons (Fsp3) is 0.857. The third kappa shape index (κ3) is 3.69. The van der Waals surface area contributed by atoms with Crippen LogP contribution in [0, 0.1) is 5.92 Å². The van der Waals surface area contributed by atoms with Gasteiger partial charge in [-0.15, -0.1) is 0 Å². The molecule has 0 spiro atoms. The third-order valence-corrected chi connectivity index (χ3v) is 3.84. The van der Waals surface area contributed by atoms with Gasteiger partial charge in [0.15, 0.2) is 0 Å². The van der Waals surface area contributed by atoms with E-state index in [-0.39, 0.29) is 23.8 Å². The maximum atomic E-state index is 12.6. The van der Waals surface area contributed by atoms with Crippen molar-refractivity contribution in [2.75, 3.05) is 20.1 Å². The SMILES string of the molecule is CN1CCC(C(=O)N(CC(C)(C)O)C2CC2)CC1=O. The van der Waals surface area contributed by atoms with Crippen LogP contribution in [0.3, 0.4) is 0 Å². The molecular formula is C14H24N2O3. The highest BCUT2D eigenvalue weighted by atomic mass is 16.3. The normalized spacial score (nSPS) is 24.5. The van der Waals surface area contributed by atoms with Gasteiger partial charge in [0, 0.05) is 38.5 Å². The quantitative estimate of drug-likeness (QED) is 0.813. The summed E-state index contributed by atoms with van der Waals surface area (Å²) in [6.07, 6.45) is 3.07. The molecule has 0 aromatic carbocycles. The van der Waals surface area contributed by atoms with Crippen LogP contribution in [0.4, 0.5) is 0 Å². The minimum Gasteiger partial charge on any atom is -0.389 e. The van der Waals surface area contributed by atoms with Crippen molar-refractivity contribution in [1.82, 2.24) is 9.80 Å². The van der Waals surface area contributed by atoms with Gasteiger partial charge in [-0.1, -0.05) is 0 Å². The topological polar surface area (TPSA) is 60.9 Å². The Bertz CT molecular complexity index is 371. The Hall–Kier alpha value is -1.10. The minimum absolute atomic E-state index is 0.0450. The van der Waals surface area contributed by atoms with Crippen molar-refractivity contribution in [1.29, 1.82) is 0 Å². The van der Waals surface area contributed by atoms with E-state index in [4.69, 9.17) is 0 Å². The highest BCUT2D eigenvalue weighted by molar-refractivity contribution is 5.87. The summed E-state index contributed by atoms with van der Waals surface area (Å²) in [5.41, 5.74) is -0.881. The van der Waals surface area contributed by atoms with Gasteiger partial charge in [0.1, 0.15) is 0 Å². The molecule has 2 amide bonds. The molecule has 1 atom stereocenters. The summed E-state index contributed by atoms with van der Waals surface area (Å²) >= 11 is 0. The van der Waals surface area contributed by atoms with Crippen molar-refractivity contribution in [3.8, 4) is 0 Å². The maximum absolute atomic E-state index is 12.6. The van der Waals surface area contributed by atoms with E-state index in [0.717, 1.165) is 19.3 Å². The predicted molar refractivity (Wildman–Crippen MR) is 71.4 cm³/mol. The molecule has 0 radical (unpaired) electrons. The van der Waals surface area contributed by atoms with Crippen molar-refractivity contribution >= 4 is 11.8 Å². The number of aliphatic hydroxyl groups is 1. The Balaban J connectivity index is 2.01. The summed E-state index contributed by atoms with van der Waals surface area (Å²) in [4.78, 5) is 27.7. The molecule has 1 unspecified atom stereocenters. The van der Waals surface area contributed by atoms with Gasteiger partial charge in [-0.05, 0) is 33.1 Å². The van der Waals surface area contributed by atoms with Gasteiger partial charge < -0.3 is 14.9 Å². The molecule has 2 aliphatic rings. The lowest BCUT2D eigenvalue weighted by Gasteiger charge is -2.35. The second kappa shape index (κ2) is 5.12. The molecule has 0 aromatic heterocycles. The number of rotatable bonds is 4. The summed E-state index contributed by atoms with van der Waals surface area (Å²) in [6.45, 7) is 4.44. The van der Waals surface area contributed by atoms with Gasteiger partial charge >= 0.3 is 0 Å². The predicted octanol–water partition coefficient (Wildman–Crippen LogP) is 0.617. The van der Waals surface area contributed by atoms with Crippen LogP contribution in [0.2, 0.25) is 0 Å². The molecule has 1 N–H and O–H groups in total. The van der Waals surface area contributed by atoms with Crippen LogP contribution >= 0.6 is 0 Å². The first kappa shape index (κ1) is 14.3. The molecule has 19 heavy (non-hydrogen) atoms. The van der Waals surface area contributed by atoms with E-state index in [1.54, 1.807) is 30.7 Å². The van der Waals surface area contributed by atoms with Crippen molar-refractivity contribution < 1.29 is 14.7 Å². The zero-order valence-corrected chi connectivity index (χ0v) is 12.1. The average molecular weight is 268 g/mol. The number of likely N-dealkylation sites (tertiary alicyclic amines) is 1. The highest BCUT2D eigenvalue weighted by Gasteiger charge is 2.40. The zero-order valence-electron chi connectivity index (χ0n) is 12.1. The molecule has 1 aliphatic heterocycles. The van der Waals surface area contributed by atoms with Crippen molar-refractivity contribution in [3.63, 3.8) is 0 Å². The van der Waals surface area contributed by atoms with Crippen LogP contribution in [0.15, 0.2) is 0 Å². The van der Waals surface area contributed by atoms with Crippen LogP contribution in [0.5, 0.6) is 0 Å². The van der Waals surface area contributed by atoms with Gasteiger partial charge in [-0.3, -0.25) is 9.59 Å². The van der Waals surface area contributed by atoms with Crippen molar-refractivity contribution in [2.24, 2.45) is 5.92 Å².